The molecule has 1 unspecified atom stereocenters. The minimum Gasteiger partial charge on any atom is -0.287 e. The fourth-order valence-corrected chi connectivity index (χ4v) is 2.07. The lowest BCUT2D eigenvalue weighted by Gasteiger charge is -2.24. The summed E-state index contributed by atoms with van der Waals surface area (Å²) in [6.07, 6.45) is 8.70. The first-order chi connectivity index (χ1) is 8.99. The highest BCUT2D eigenvalue weighted by Gasteiger charge is 2.16. The Kier molecular flexibility index (Phi) is 3.81. The average Bonchev–Trinajstić information content (AvgIpc) is 2.40. The number of nitrogens with zero attached hydrogens (tertiary/aromatic N) is 2. The van der Waals surface area contributed by atoms with E-state index in [1.54, 1.807) is 11.2 Å². The van der Waals surface area contributed by atoms with Gasteiger partial charge in [-0.15, -0.1) is 0 Å². The Balaban J connectivity index is 2.38. The minimum absolute atomic E-state index is 0.0554. The molecule has 2 N–H and O–H groups in total. The van der Waals surface area contributed by atoms with Gasteiger partial charge in [-0.3, -0.25) is 9.99 Å². The molecule has 0 radical (unpaired) electrons. The third-order valence-electron chi connectivity index (χ3n) is 3.42. The number of pyridine rings is 1. The molecule has 0 fully saturated rings. The quantitative estimate of drug-likeness (QED) is 0.829. The molecule has 1 atom stereocenters. The zero-order valence-electron chi connectivity index (χ0n) is 11.4. The van der Waals surface area contributed by atoms with Crippen LogP contribution in [0, 0.1) is 5.82 Å². The van der Waals surface area contributed by atoms with Crippen LogP contribution in [0.3, 0.4) is 0 Å². The number of hydrogen-bond acceptors (Lipinski definition) is 3. The fraction of sp³-hybridized carbons (Fsp3) is 0.267. The Bertz CT molecular complexity index is 573. The summed E-state index contributed by atoms with van der Waals surface area (Å²) < 4.78 is 13.2. The van der Waals surface area contributed by atoms with Crippen LogP contribution >= 0.6 is 0 Å². The standard InChI is InChI=1S/C15H18FN3/c1-10-4-5-19(17)15(6-10)12(3)11(2)13-7-14(16)9-18-8-13/h4-9,11H,17H2,1-3H3/b15-12-. The lowest BCUT2D eigenvalue weighted by molar-refractivity contribution is 0.491. The van der Waals surface area contributed by atoms with Crippen LogP contribution in [-0.2, 0) is 0 Å². The van der Waals surface area contributed by atoms with Gasteiger partial charge in [-0.05, 0) is 48.8 Å². The molecule has 19 heavy (non-hydrogen) atoms. The normalized spacial score (nSPS) is 19.2. The number of hydrogen-bond donors (Lipinski definition) is 1. The van der Waals surface area contributed by atoms with Gasteiger partial charge >= 0.3 is 0 Å². The molecule has 100 valence electrons. The van der Waals surface area contributed by atoms with Crippen molar-refractivity contribution in [1.82, 2.24) is 9.99 Å². The average molecular weight is 259 g/mol. The molecule has 0 aromatic carbocycles. The second-order valence-corrected chi connectivity index (χ2v) is 4.84. The van der Waals surface area contributed by atoms with Crippen molar-refractivity contribution < 1.29 is 4.39 Å². The number of allylic oxidation sites excluding steroid dienone is 4. The molecule has 1 aliphatic rings. The van der Waals surface area contributed by atoms with Gasteiger partial charge in [-0.1, -0.05) is 6.92 Å². The van der Waals surface area contributed by atoms with Crippen LogP contribution in [-0.4, -0.2) is 9.99 Å². The molecule has 1 aromatic rings. The summed E-state index contributed by atoms with van der Waals surface area (Å²) in [6, 6.07) is 1.51. The topological polar surface area (TPSA) is 42.2 Å². The zero-order chi connectivity index (χ0) is 14.0. The highest BCUT2D eigenvalue weighted by atomic mass is 19.1. The van der Waals surface area contributed by atoms with Gasteiger partial charge in [0.05, 0.1) is 11.9 Å². The third-order valence-corrected chi connectivity index (χ3v) is 3.42. The fourth-order valence-electron chi connectivity index (χ4n) is 2.07. The lowest BCUT2D eigenvalue weighted by atomic mass is 9.92. The predicted molar refractivity (Wildman–Crippen MR) is 74.2 cm³/mol. The largest absolute Gasteiger partial charge is 0.287 e. The molecule has 0 spiro atoms. The Hall–Kier alpha value is -1.94. The van der Waals surface area contributed by atoms with E-state index in [0.717, 1.165) is 22.4 Å². The molecule has 1 aromatic heterocycles. The van der Waals surface area contributed by atoms with Crippen LogP contribution in [0.25, 0.3) is 0 Å². The van der Waals surface area contributed by atoms with E-state index in [1.165, 1.54) is 12.3 Å². The summed E-state index contributed by atoms with van der Waals surface area (Å²) in [7, 11) is 0. The van der Waals surface area contributed by atoms with Gasteiger partial charge in [-0.25, -0.2) is 10.2 Å². The SMILES string of the molecule is CC1=C/C(=C(\C)C(C)c2cncc(F)c2)N(N)C=C1. The summed E-state index contributed by atoms with van der Waals surface area (Å²) in [4.78, 5) is 3.89. The van der Waals surface area contributed by atoms with Gasteiger partial charge in [0.25, 0.3) is 0 Å². The van der Waals surface area contributed by atoms with E-state index in [-0.39, 0.29) is 11.7 Å². The van der Waals surface area contributed by atoms with Crippen LogP contribution in [0.1, 0.15) is 32.3 Å². The zero-order valence-corrected chi connectivity index (χ0v) is 11.4. The molecule has 2 heterocycles. The van der Waals surface area contributed by atoms with Crippen LogP contribution in [0.15, 0.2) is 53.7 Å². The van der Waals surface area contributed by atoms with Gasteiger partial charge < -0.3 is 0 Å². The smallest absolute Gasteiger partial charge is 0.141 e. The van der Waals surface area contributed by atoms with Crippen molar-refractivity contribution in [2.75, 3.05) is 0 Å². The molecule has 3 nitrogen and oxygen atoms in total. The maximum Gasteiger partial charge on any atom is 0.141 e. The molecular formula is C15H18FN3. The van der Waals surface area contributed by atoms with Gasteiger partial charge in [0.15, 0.2) is 0 Å². The van der Waals surface area contributed by atoms with Crippen molar-refractivity contribution >= 4 is 0 Å². The van der Waals surface area contributed by atoms with Crippen molar-refractivity contribution in [3.8, 4) is 0 Å². The van der Waals surface area contributed by atoms with Crippen LogP contribution < -0.4 is 5.84 Å². The first-order valence-electron chi connectivity index (χ1n) is 6.20. The molecule has 4 heteroatoms. The number of hydrazine groups is 1. The van der Waals surface area contributed by atoms with Crippen molar-refractivity contribution in [3.05, 3.63) is 65.0 Å². The molecule has 2 rings (SSSR count). The summed E-state index contributed by atoms with van der Waals surface area (Å²) in [5.74, 6) is 5.68. The van der Waals surface area contributed by atoms with Crippen LogP contribution in [0.2, 0.25) is 0 Å². The summed E-state index contributed by atoms with van der Waals surface area (Å²) in [5.41, 5.74) is 4.01. The van der Waals surface area contributed by atoms with Crippen LogP contribution in [0.5, 0.6) is 0 Å². The van der Waals surface area contributed by atoms with E-state index in [4.69, 9.17) is 5.84 Å². The lowest BCUT2D eigenvalue weighted by Crippen LogP contribution is -2.26. The van der Waals surface area contributed by atoms with Crippen LogP contribution in [0.4, 0.5) is 4.39 Å². The Morgan fingerprint density at radius 2 is 2.16 bits per heavy atom. The summed E-state index contributed by atoms with van der Waals surface area (Å²) in [5, 5.41) is 1.59. The number of halogens is 1. The highest BCUT2D eigenvalue weighted by Crippen LogP contribution is 2.29. The second kappa shape index (κ2) is 5.36. The molecule has 0 saturated heterocycles. The molecule has 0 amide bonds. The highest BCUT2D eigenvalue weighted by molar-refractivity contribution is 5.39. The van der Waals surface area contributed by atoms with Gasteiger partial charge in [0.2, 0.25) is 0 Å². The van der Waals surface area contributed by atoms with Crippen molar-refractivity contribution in [2.45, 2.75) is 26.7 Å². The minimum atomic E-state index is -0.318. The van der Waals surface area contributed by atoms with E-state index in [9.17, 15) is 4.39 Å². The second-order valence-electron chi connectivity index (χ2n) is 4.84. The Labute approximate surface area is 112 Å². The van der Waals surface area contributed by atoms with Gasteiger partial charge in [-0.2, -0.15) is 0 Å². The molecule has 0 saturated carbocycles. The van der Waals surface area contributed by atoms with Crippen molar-refractivity contribution in [2.24, 2.45) is 5.84 Å². The first kappa shape index (κ1) is 13.5. The van der Waals surface area contributed by atoms with E-state index in [1.807, 2.05) is 39.1 Å². The Morgan fingerprint density at radius 1 is 1.42 bits per heavy atom. The van der Waals surface area contributed by atoms with E-state index < -0.39 is 0 Å². The molecule has 1 aliphatic heterocycles. The van der Waals surface area contributed by atoms with E-state index in [2.05, 4.69) is 4.98 Å². The monoisotopic (exact) mass is 259 g/mol. The van der Waals surface area contributed by atoms with Crippen molar-refractivity contribution in [3.63, 3.8) is 0 Å². The van der Waals surface area contributed by atoms with E-state index >= 15 is 0 Å². The van der Waals surface area contributed by atoms with Crippen molar-refractivity contribution in [1.29, 1.82) is 0 Å². The predicted octanol–water partition coefficient (Wildman–Crippen LogP) is 3.25. The number of aromatic nitrogens is 1. The summed E-state index contributed by atoms with van der Waals surface area (Å²) >= 11 is 0. The van der Waals surface area contributed by atoms with Gasteiger partial charge in [0, 0.05) is 18.3 Å². The molecule has 0 bridgehead atoms. The van der Waals surface area contributed by atoms with E-state index in [0.29, 0.717) is 0 Å². The van der Waals surface area contributed by atoms with Gasteiger partial charge in [0.1, 0.15) is 5.82 Å². The summed E-state index contributed by atoms with van der Waals surface area (Å²) in [6.45, 7) is 6.05. The maximum atomic E-state index is 13.2. The Morgan fingerprint density at radius 3 is 2.84 bits per heavy atom. The molecular weight excluding hydrogens is 241 g/mol. The maximum absolute atomic E-state index is 13.2. The first-order valence-corrected chi connectivity index (χ1v) is 6.20. The number of nitrogens with two attached hydrogens (primary N) is 1. The molecule has 0 aliphatic carbocycles. The third kappa shape index (κ3) is 2.90. The number of rotatable bonds is 2.